The van der Waals surface area contributed by atoms with Crippen LogP contribution in [0.3, 0.4) is 0 Å². The molecule has 2 aliphatic carbocycles. The summed E-state index contributed by atoms with van der Waals surface area (Å²) in [6, 6.07) is 0.104. The lowest BCUT2D eigenvalue weighted by molar-refractivity contribution is -0.139. The van der Waals surface area contributed by atoms with Gasteiger partial charge >= 0.3 is 0 Å². The van der Waals surface area contributed by atoms with Crippen molar-refractivity contribution in [3.63, 3.8) is 0 Å². The van der Waals surface area contributed by atoms with Gasteiger partial charge in [0.2, 0.25) is 11.8 Å². The lowest BCUT2D eigenvalue weighted by Gasteiger charge is -2.27. The van der Waals surface area contributed by atoms with Crippen LogP contribution in [0.5, 0.6) is 0 Å². The van der Waals surface area contributed by atoms with Crippen LogP contribution in [-0.2, 0) is 9.59 Å². The van der Waals surface area contributed by atoms with Gasteiger partial charge in [0.05, 0.1) is 0 Å². The van der Waals surface area contributed by atoms with Gasteiger partial charge in [-0.05, 0) is 44.3 Å². The Balaban J connectivity index is 1.57. The van der Waals surface area contributed by atoms with Gasteiger partial charge in [0.1, 0.15) is 6.04 Å². The predicted molar refractivity (Wildman–Crippen MR) is 85.2 cm³/mol. The molecule has 118 valence electrons. The Bertz CT molecular complexity index is 411. The van der Waals surface area contributed by atoms with Crippen LogP contribution in [0, 0.1) is 5.92 Å². The fraction of sp³-hybridized carbons (Fsp3) is 0.875. The number of amides is 2. The zero-order chi connectivity index (χ0) is 14.8. The van der Waals surface area contributed by atoms with Gasteiger partial charge in [0.15, 0.2) is 0 Å². The Kier molecular flexibility index (Phi) is 4.77. The molecular formula is C16H26N2O2S. The Labute approximate surface area is 131 Å². The van der Waals surface area contributed by atoms with Crippen LogP contribution in [0.1, 0.15) is 51.9 Å². The third kappa shape index (κ3) is 3.38. The minimum Gasteiger partial charge on any atom is -0.350 e. The van der Waals surface area contributed by atoms with Gasteiger partial charge in [-0.1, -0.05) is 13.3 Å². The molecular weight excluding hydrogens is 284 g/mol. The number of hydrogen-bond acceptors (Lipinski definition) is 3. The third-order valence-electron chi connectivity index (χ3n) is 4.93. The number of nitrogens with one attached hydrogen (secondary N) is 1. The Morgan fingerprint density at radius 1 is 1.14 bits per heavy atom. The zero-order valence-electron chi connectivity index (χ0n) is 12.8. The lowest BCUT2D eigenvalue weighted by Crippen LogP contribution is -2.50. The number of likely N-dealkylation sites (tertiary alicyclic amines) is 1. The highest BCUT2D eigenvalue weighted by molar-refractivity contribution is 7.99. The summed E-state index contributed by atoms with van der Waals surface area (Å²) in [5.74, 6) is 1.63. The first-order valence-electron chi connectivity index (χ1n) is 8.43. The van der Waals surface area contributed by atoms with E-state index >= 15 is 0 Å². The number of carbonyl (C=O) groups excluding carboxylic acids is 2. The molecule has 3 rings (SSSR count). The van der Waals surface area contributed by atoms with Crippen molar-refractivity contribution >= 4 is 23.6 Å². The van der Waals surface area contributed by atoms with Gasteiger partial charge in [-0.3, -0.25) is 9.59 Å². The van der Waals surface area contributed by atoms with E-state index in [1.807, 2.05) is 16.7 Å². The van der Waals surface area contributed by atoms with Gasteiger partial charge in [0, 0.05) is 23.8 Å². The maximum Gasteiger partial charge on any atom is 0.243 e. The predicted octanol–water partition coefficient (Wildman–Crippen LogP) is 2.18. The number of rotatable bonds is 5. The number of carbonyl (C=O) groups is 2. The van der Waals surface area contributed by atoms with Crippen molar-refractivity contribution < 1.29 is 9.59 Å². The molecule has 0 unspecified atom stereocenters. The first-order valence-corrected chi connectivity index (χ1v) is 9.48. The molecule has 0 bridgehead atoms. The van der Waals surface area contributed by atoms with Crippen LogP contribution in [-0.4, -0.2) is 46.3 Å². The standard InChI is InChI=1S/C16H26N2O2S/c1-2-21-14-7-3-5-12(14)17-15(19)13-6-4-10-18(13)16(20)11-8-9-11/h11-14H,2-10H2,1H3,(H,17,19)/t12-,13+,14+/m0/s1. The Morgan fingerprint density at radius 3 is 2.67 bits per heavy atom. The Hall–Kier alpha value is -0.710. The van der Waals surface area contributed by atoms with Crippen LogP contribution >= 0.6 is 11.8 Å². The summed E-state index contributed by atoms with van der Waals surface area (Å²) in [6.07, 6.45) is 7.34. The van der Waals surface area contributed by atoms with Crippen molar-refractivity contribution in [2.24, 2.45) is 5.92 Å². The van der Waals surface area contributed by atoms with Crippen molar-refractivity contribution in [2.45, 2.75) is 69.2 Å². The van der Waals surface area contributed by atoms with Crippen molar-refractivity contribution in [1.82, 2.24) is 10.2 Å². The molecule has 1 heterocycles. The number of nitrogens with zero attached hydrogens (tertiary/aromatic N) is 1. The van der Waals surface area contributed by atoms with E-state index in [1.165, 1.54) is 12.8 Å². The molecule has 0 aromatic heterocycles. The first kappa shape index (κ1) is 15.2. The van der Waals surface area contributed by atoms with Gasteiger partial charge in [0.25, 0.3) is 0 Å². The Morgan fingerprint density at radius 2 is 1.95 bits per heavy atom. The largest absolute Gasteiger partial charge is 0.350 e. The first-order chi connectivity index (χ1) is 10.2. The monoisotopic (exact) mass is 310 g/mol. The van der Waals surface area contributed by atoms with Crippen molar-refractivity contribution in [2.75, 3.05) is 12.3 Å². The van der Waals surface area contributed by atoms with E-state index in [0.29, 0.717) is 11.3 Å². The van der Waals surface area contributed by atoms with Gasteiger partial charge in [-0.15, -0.1) is 0 Å². The summed E-state index contributed by atoms with van der Waals surface area (Å²) in [7, 11) is 0. The number of thioether (sulfide) groups is 1. The maximum atomic E-state index is 12.6. The molecule has 0 aromatic carbocycles. The fourth-order valence-electron chi connectivity index (χ4n) is 3.65. The van der Waals surface area contributed by atoms with Crippen molar-refractivity contribution in [1.29, 1.82) is 0 Å². The molecule has 2 amide bonds. The van der Waals surface area contributed by atoms with Crippen LogP contribution in [0.25, 0.3) is 0 Å². The van der Waals surface area contributed by atoms with E-state index in [2.05, 4.69) is 12.2 Å². The summed E-state index contributed by atoms with van der Waals surface area (Å²) < 4.78 is 0. The molecule has 5 heteroatoms. The summed E-state index contributed by atoms with van der Waals surface area (Å²) in [5, 5.41) is 3.81. The molecule has 0 radical (unpaired) electrons. The second-order valence-corrected chi connectivity index (χ2v) is 8.02. The molecule has 1 saturated heterocycles. The SMILES string of the molecule is CCS[C@@H]1CCC[C@@H]1NC(=O)[C@H]1CCCN1C(=O)C1CC1. The maximum absolute atomic E-state index is 12.6. The normalized spacial score (nSPS) is 32.4. The average Bonchev–Trinajstić information content (AvgIpc) is 3.04. The number of hydrogen-bond donors (Lipinski definition) is 1. The van der Waals surface area contributed by atoms with Gasteiger partial charge in [-0.2, -0.15) is 11.8 Å². The van der Waals surface area contributed by atoms with Crippen LogP contribution < -0.4 is 5.32 Å². The summed E-state index contributed by atoms with van der Waals surface area (Å²) in [6.45, 7) is 2.94. The highest BCUT2D eigenvalue weighted by Crippen LogP contribution is 2.34. The van der Waals surface area contributed by atoms with Gasteiger partial charge in [-0.25, -0.2) is 0 Å². The molecule has 3 aliphatic rings. The topological polar surface area (TPSA) is 49.4 Å². The summed E-state index contributed by atoms with van der Waals surface area (Å²) in [5.41, 5.74) is 0. The molecule has 3 atom stereocenters. The summed E-state index contributed by atoms with van der Waals surface area (Å²) >= 11 is 1.96. The summed E-state index contributed by atoms with van der Waals surface area (Å²) in [4.78, 5) is 26.7. The molecule has 1 aliphatic heterocycles. The van der Waals surface area contributed by atoms with Crippen LogP contribution in [0.15, 0.2) is 0 Å². The van der Waals surface area contributed by atoms with E-state index in [0.717, 1.165) is 44.4 Å². The quantitative estimate of drug-likeness (QED) is 0.847. The average molecular weight is 310 g/mol. The molecule has 2 saturated carbocycles. The second-order valence-electron chi connectivity index (χ2n) is 6.50. The van der Waals surface area contributed by atoms with E-state index in [1.54, 1.807) is 0 Å². The van der Waals surface area contributed by atoms with E-state index in [4.69, 9.17) is 0 Å². The second kappa shape index (κ2) is 6.59. The van der Waals surface area contributed by atoms with Crippen molar-refractivity contribution in [3.8, 4) is 0 Å². The van der Waals surface area contributed by atoms with E-state index in [-0.39, 0.29) is 23.8 Å². The zero-order valence-corrected chi connectivity index (χ0v) is 13.7. The van der Waals surface area contributed by atoms with Crippen molar-refractivity contribution in [3.05, 3.63) is 0 Å². The lowest BCUT2D eigenvalue weighted by atomic mass is 10.1. The molecule has 1 N–H and O–H groups in total. The minimum atomic E-state index is -0.203. The van der Waals surface area contributed by atoms with E-state index < -0.39 is 0 Å². The molecule has 21 heavy (non-hydrogen) atoms. The van der Waals surface area contributed by atoms with Crippen LogP contribution in [0.4, 0.5) is 0 Å². The van der Waals surface area contributed by atoms with Crippen LogP contribution in [0.2, 0.25) is 0 Å². The molecule has 0 aromatic rings. The third-order valence-corrected chi connectivity index (χ3v) is 6.25. The molecule has 3 fully saturated rings. The van der Waals surface area contributed by atoms with Gasteiger partial charge < -0.3 is 10.2 Å². The smallest absolute Gasteiger partial charge is 0.243 e. The molecule has 0 spiro atoms. The van der Waals surface area contributed by atoms with E-state index in [9.17, 15) is 9.59 Å². The fourth-order valence-corrected chi connectivity index (χ4v) is 4.85. The molecule has 4 nitrogen and oxygen atoms in total. The highest BCUT2D eigenvalue weighted by atomic mass is 32.2. The minimum absolute atomic E-state index is 0.0927. The highest BCUT2D eigenvalue weighted by Gasteiger charge is 2.41.